The second-order valence-corrected chi connectivity index (χ2v) is 7.87. The number of fused-ring (bicyclic) bond motifs is 1. The SMILES string of the molecule is COc1ccc(C(=O)N[C@H]2C(=O)Nc3c(c(C)nn3C)[C@@H]2c2ccc(C)cc2)cc1OC. The van der Waals surface area contributed by atoms with Gasteiger partial charge in [-0.1, -0.05) is 29.8 Å². The maximum atomic E-state index is 13.2. The van der Waals surface area contributed by atoms with E-state index in [1.54, 1.807) is 29.9 Å². The van der Waals surface area contributed by atoms with Crippen molar-refractivity contribution in [2.24, 2.45) is 7.05 Å². The van der Waals surface area contributed by atoms with Crippen LogP contribution in [0.4, 0.5) is 5.82 Å². The number of aryl methyl sites for hydroxylation is 3. The molecular weight excluding hydrogens is 408 g/mol. The van der Waals surface area contributed by atoms with Crippen LogP contribution in [0.5, 0.6) is 11.5 Å². The Bertz CT molecular complexity index is 1180. The first-order valence-electron chi connectivity index (χ1n) is 10.3. The predicted molar refractivity (Wildman–Crippen MR) is 120 cm³/mol. The number of aromatic nitrogens is 2. The Kier molecular flexibility index (Phi) is 5.61. The number of methoxy groups -OCH3 is 2. The summed E-state index contributed by atoms with van der Waals surface area (Å²) >= 11 is 0. The fourth-order valence-electron chi connectivity index (χ4n) is 4.19. The summed E-state index contributed by atoms with van der Waals surface area (Å²) in [6.45, 7) is 3.92. The number of hydrogen-bond donors (Lipinski definition) is 2. The largest absolute Gasteiger partial charge is 0.493 e. The fraction of sp³-hybridized carbons (Fsp3) is 0.292. The van der Waals surface area contributed by atoms with Crippen LogP contribution in [0.25, 0.3) is 0 Å². The van der Waals surface area contributed by atoms with E-state index in [1.807, 2.05) is 38.1 Å². The Hall–Kier alpha value is -3.81. The van der Waals surface area contributed by atoms with Gasteiger partial charge in [0.05, 0.1) is 19.9 Å². The summed E-state index contributed by atoms with van der Waals surface area (Å²) < 4.78 is 12.2. The number of carbonyl (C=O) groups excluding carboxylic acids is 2. The van der Waals surface area contributed by atoms with Gasteiger partial charge in [-0.25, -0.2) is 0 Å². The third-order valence-corrected chi connectivity index (χ3v) is 5.81. The quantitative estimate of drug-likeness (QED) is 0.644. The van der Waals surface area contributed by atoms with Crippen molar-refractivity contribution in [1.82, 2.24) is 15.1 Å². The predicted octanol–water partition coefficient (Wildman–Crippen LogP) is 2.94. The van der Waals surface area contributed by atoms with Crippen molar-refractivity contribution in [3.63, 3.8) is 0 Å². The number of amides is 2. The molecule has 2 heterocycles. The molecule has 8 nitrogen and oxygen atoms in total. The molecule has 0 spiro atoms. The number of nitrogens with one attached hydrogen (secondary N) is 2. The highest BCUT2D eigenvalue weighted by Crippen LogP contribution is 2.39. The molecule has 2 N–H and O–H groups in total. The molecule has 2 aromatic carbocycles. The minimum absolute atomic E-state index is 0.292. The Morgan fingerprint density at radius 3 is 2.41 bits per heavy atom. The van der Waals surface area contributed by atoms with E-state index in [1.165, 1.54) is 14.2 Å². The number of rotatable bonds is 5. The summed E-state index contributed by atoms with van der Waals surface area (Å²) in [5.41, 5.74) is 4.11. The normalized spacial score (nSPS) is 17.3. The molecule has 0 saturated carbocycles. The van der Waals surface area contributed by atoms with E-state index in [4.69, 9.17) is 9.47 Å². The van der Waals surface area contributed by atoms with Crippen molar-refractivity contribution in [2.45, 2.75) is 25.8 Å². The van der Waals surface area contributed by atoms with Crippen LogP contribution in [-0.2, 0) is 11.8 Å². The lowest BCUT2D eigenvalue weighted by molar-refractivity contribution is -0.118. The number of hydrogen-bond acceptors (Lipinski definition) is 5. The van der Waals surface area contributed by atoms with Gasteiger partial charge in [0.25, 0.3) is 5.91 Å². The average molecular weight is 434 g/mol. The van der Waals surface area contributed by atoms with Gasteiger partial charge in [-0.15, -0.1) is 0 Å². The van der Waals surface area contributed by atoms with Crippen LogP contribution in [0, 0.1) is 13.8 Å². The lowest BCUT2D eigenvalue weighted by Crippen LogP contribution is -2.50. The third-order valence-electron chi connectivity index (χ3n) is 5.81. The molecule has 8 heteroatoms. The van der Waals surface area contributed by atoms with Crippen molar-refractivity contribution < 1.29 is 19.1 Å². The van der Waals surface area contributed by atoms with Crippen LogP contribution in [0.15, 0.2) is 42.5 Å². The summed E-state index contributed by atoms with van der Waals surface area (Å²) in [6.07, 6.45) is 0. The third kappa shape index (κ3) is 3.68. The van der Waals surface area contributed by atoms with E-state index in [-0.39, 0.29) is 17.7 Å². The maximum absolute atomic E-state index is 13.2. The van der Waals surface area contributed by atoms with Crippen molar-refractivity contribution in [1.29, 1.82) is 0 Å². The summed E-state index contributed by atoms with van der Waals surface area (Å²) in [5, 5.41) is 10.3. The average Bonchev–Trinajstić information content (AvgIpc) is 3.07. The second-order valence-electron chi connectivity index (χ2n) is 7.87. The first-order chi connectivity index (χ1) is 15.3. The van der Waals surface area contributed by atoms with Gasteiger partial charge in [0, 0.05) is 24.1 Å². The molecule has 2 amide bonds. The summed E-state index contributed by atoms with van der Waals surface area (Å²) in [6, 6.07) is 12.1. The van der Waals surface area contributed by atoms with E-state index in [0.29, 0.717) is 22.9 Å². The molecular formula is C24H26N4O4. The highest BCUT2D eigenvalue weighted by atomic mass is 16.5. The van der Waals surface area contributed by atoms with Crippen LogP contribution in [-0.4, -0.2) is 41.9 Å². The smallest absolute Gasteiger partial charge is 0.252 e. The van der Waals surface area contributed by atoms with Gasteiger partial charge in [-0.2, -0.15) is 5.10 Å². The lowest BCUT2D eigenvalue weighted by atomic mass is 9.81. The van der Waals surface area contributed by atoms with Gasteiger partial charge >= 0.3 is 0 Å². The van der Waals surface area contributed by atoms with Crippen molar-refractivity contribution in [2.75, 3.05) is 19.5 Å². The van der Waals surface area contributed by atoms with E-state index < -0.39 is 6.04 Å². The van der Waals surface area contributed by atoms with Crippen LogP contribution in [0.3, 0.4) is 0 Å². The second kappa shape index (κ2) is 8.37. The van der Waals surface area contributed by atoms with E-state index >= 15 is 0 Å². The standard InChI is InChI=1S/C24H26N4O4/c1-13-6-8-15(9-7-13)20-19-14(2)27-28(3)22(19)26-24(30)21(20)25-23(29)16-10-11-17(31-4)18(12-16)32-5/h6-12,20-21H,1-5H3,(H,25,29)(H,26,30)/t20-,21+/m0/s1. The molecule has 32 heavy (non-hydrogen) atoms. The zero-order chi connectivity index (χ0) is 23.0. The van der Waals surface area contributed by atoms with Crippen molar-refractivity contribution in [3.05, 3.63) is 70.4 Å². The van der Waals surface area contributed by atoms with E-state index in [2.05, 4.69) is 15.7 Å². The first kappa shape index (κ1) is 21.4. The number of anilines is 1. The van der Waals surface area contributed by atoms with Gasteiger partial charge in [-0.3, -0.25) is 14.3 Å². The van der Waals surface area contributed by atoms with Gasteiger partial charge < -0.3 is 20.1 Å². The van der Waals surface area contributed by atoms with E-state index in [0.717, 1.165) is 22.4 Å². The zero-order valence-corrected chi connectivity index (χ0v) is 18.7. The zero-order valence-electron chi connectivity index (χ0n) is 18.7. The number of benzene rings is 2. The molecule has 1 aliphatic heterocycles. The monoisotopic (exact) mass is 434 g/mol. The molecule has 2 atom stereocenters. The summed E-state index contributed by atoms with van der Waals surface area (Å²) in [5.74, 6) is 0.557. The molecule has 0 fully saturated rings. The highest BCUT2D eigenvalue weighted by Gasteiger charge is 2.41. The molecule has 0 aliphatic carbocycles. The van der Waals surface area contributed by atoms with Crippen LogP contribution in [0.2, 0.25) is 0 Å². The summed E-state index contributed by atoms with van der Waals surface area (Å²) in [7, 11) is 4.83. The molecule has 1 aliphatic rings. The molecule has 1 aromatic heterocycles. The van der Waals surface area contributed by atoms with Crippen LogP contribution in [0.1, 0.15) is 38.7 Å². The Labute approximate surface area is 186 Å². The van der Waals surface area contributed by atoms with Gasteiger partial charge in [0.2, 0.25) is 5.91 Å². The Morgan fingerprint density at radius 1 is 1.06 bits per heavy atom. The van der Waals surface area contributed by atoms with Crippen LogP contribution >= 0.6 is 0 Å². The number of carbonyl (C=O) groups is 2. The number of ether oxygens (including phenoxy) is 2. The highest BCUT2D eigenvalue weighted by molar-refractivity contribution is 6.04. The number of nitrogens with zero attached hydrogens (tertiary/aromatic N) is 2. The lowest BCUT2D eigenvalue weighted by Gasteiger charge is -2.32. The van der Waals surface area contributed by atoms with Crippen LogP contribution < -0.4 is 20.1 Å². The molecule has 4 rings (SSSR count). The molecule has 0 saturated heterocycles. The topological polar surface area (TPSA) is 94.5 Å². The minimum Gasteiger partial charge on any atom is -0.493 e. The van der Waals surface area contributed by atoms with Gasteiger partial charge in [-0.05, 0) is 37.6 Å². The Morgan fingerprint density at radius 2 is 1.75 bits per heavy atom. The molecule has 0 bridgehead atoms. The van der Waals surface area contributed by atoms with Gasteiger partial charge in [0.15, 0.2) is 11.5 Å². The molecule has 166 valence electrons. The molecule has 0 unspecified atom stereocenters. The molecule has 0 radical (unpaired) electrons. The maximum Gasteiger partial charge on any atom is 0.252 e. The first-order valence-corrected chi connectivity index (χ1v) is 10.3. The Balaban J connectivity index is 1.74. The van der Waals surface area contributed by atoms with Crippen molar-refractivity contribution in [3.8, 4) is 11.5 Å². The van der Waals surface area contributed by atoms with E-state index in [9.17, 15) is 9.59 Å². The van der Waals surface area contributed by atoms with Crippen molar-refractivity contribution >= 4 is 17.6 Å². The van der Waals surface area contributed by atoms with Gasteiger partial charge in [0.1, 0.15) is 11.9 Å². The fourth-order valence-corrected chi connectivity index (χ4v) is 4.19. The molecule has 3 aromatic rings. The summed E-state index contributed by atoms with van der Waals surface area (Å²) in [4.78, 5) is 26.3. The minimum atomic E-state index is -0.811.